The molecule has 1 N–H and O–H groups in total. The van der Waals surface area contributed by atoms with E-state index in [4.69, 9.17) is 0 Å². The average Bonchev–Trinajstić information content (AvgIpc) is 3.41. The molecular weight excluding hydrogens is 433 g/mol. The number of nitrogens with zero attached hydrogens (tertiary/aromatic N) is 6. The van der Waals surface area contributed by atoms with Gasteiger partial charge >= 0.3 is 6.18 Å². The molecule has 12 heteroatoms. The molecule has 0 aromatic carbocycles. The van der Waals surface area contributed by atoms with Crippen LogP contribution in [0, 0.1) is 11.8 Å². The van der Waals surface area contributed by atoms with Gasteiger partial charge in [-0.25, -0.2) is 28.4 Å². The first-order valence-electron chi connectivity index (χ1n) is 10.3. The average molecular weight is 453 g/mol. The summed E-state index contributed by atoms with van der Waals surface area (Å²) < 4.78 is 66.6. The van der Waals surface area contributed by atoms with Gasteiger partial charge in [0.1, 0.15) is 17.9 Å². The minimum Gasteiger partial charge on any atom is -0.369 e. The first kappa shape index (κ1) is 20.8. The van der Waals surface area contributed by atoms with Gasteiger partial charge in [0.15, 0.2) is 11.3 Å². The predicted octanol–water partition coefficient (Wildman–Crippen LogP) is 3.83. The molecule has 1 aliphatic carbocycles. The molecule has 4 heterocycles. The van der Waals surface area contributed by atoms with E-state index in [2.05, 4.69) is 25.4 Å². The van der Waals surface area contributed by atoms with Gasteiger partial charge < -0.3 is 10.2 Å². The topological polar surface area (TPSA) is 71.8 Å². The third-order valence-corrected chi connectivity index (χ3v) is 6.15. The van der Waals surface area contributed by atoms with Crippen LogP contribution in [0.5, 0.6) is 0 Å². The maximum atomic E-state index is 13.3. The molecule has 3 aromatic heterocycles. The normalized spacial score (nSPS) is 23.3. The van der Waals surface area contributed by atoms with Crippen molar-refractivity contribution < 1.29 is 22.0 Å². The SMILES string of the molecule is FC(F)Cn1ncc2ncc(N[C@@H]3C[C@@H]4CN(c5cccnc5C(F)(F)F)C[C@@H]4C3)nc21. The van der Waals surface area contributed by atoms with E-state index in [1.54, 1.807) is 11.1 Å². The quantitative estimate of drug-likeness (QED) is 0.592. The van der Waals surface area contributed by atoms with Crippen molar-refractivity contribution in [2.45, 2.75) is 38.0 Å². The molecule has 2 aliphatic rings. The highest BCUT2D eigenvalue weighted by molar-refractivity contribution is 5.71. The van der Waals surface area contributed by atoms with Crippen molar-refractivity contribution in [3.8, 4) is 0 Å². The van der Waals surface area contributed by atoms with E-state index in [1.807, 2.05) is 0 Å². The fourth-order valence-corrected chi connectivity index (χ4v) is 4.88. The van der Waals surface area contributed by atoms with Crippen LogP contribution < -0.4 is 10.2 Å². The summed E-state index contributed by atoms with van der Waals surface area (Å²) in [4.78, 5) is 14.0. The van der Waals surface area contributed by atoms with Gasteiger partial charge in [-0.2, -0.15) is 18.3 Å². The maximum absolute atomic E-state index is 13.3. The molecule has 0 radical (unpaired) electrons. The number of alkyl halides is 5. The van der Waals surface area contributed by atoms with Crippen LogP contribution in [0.15, 0.2) is 30.7 Å². The first-order valence-corrected chi connectivity index (χ1v) is 10.3. The molecule has 0 unspecified atom stereocenters. The summed E-state index contributed by atoms with van der Waals surface area (Å²) in [7, 11) is 0. The van der Waals surface area contributed by atoms with Crippen molar-refractivity contribution in [1.82, 2.24) is 24.7 Å². The molecule has 3 aromatic rings. The minimum absolute atomic E-state index is 0.0846. The van der Waals surface area contributed by atoms with Crippen molar-refractivity contribution in [2.24, 2.45) is 11.8 Å². The zero-order chi connectivity index (χ0) is 22.5. The smallest absolute Gasteiger partial charge is 0.369 e. The third-order valence-electron chi connectivity index (χ3n) is 6.15. The Bertz CT molecular complexity index is 1100. The van der Waals surface area contributed by atoms with E-state index in [0.29, 0.717) is 24.4 Å². The summed E-state index contributed by atoms with van der Waals surface area (Å²) in [5, 5.41) is 7.22. The molecule has 32 heavy (non-hydrogen) atoms. The lowest BCUT2D eigenvalue weighted by Crippen LogP contribution is -2.27. The van der Waals surface area contributed by atoms with E-state index in [9.17, 15) is 22.0 Å². The standard InChI is InChI=1S/C20H20F5N7/c21-16(22)10-32-19-14(6-28-32)27-7-17(30-19)29-13-4-11-8-31(9-12(11)5-13)15-2-1-3-26-18(15)20(23,24)25/h1-3,6-7,11-13,16H,4-5,8-10H2,(H,29,30)/t11-,12+,13-. The molecule has 5 rings (SSSR count). The number of hydrogen-bond acceptors (Lipinski definition) is 6. The van der Waals surface area contributed by atoms with Gasteiger partial charge in [0, 0.05) is 25.3 Å². The third kappa shape index (κ3) is 3.93. The second-order valence-corrected chi connectivity index (χ2v) is 8.29. The molecule has 0 bridgehead atoms. The monoisotopic (exact) mass is 453 g/mol. The van der Waals surface area contributed by atoms with Crippen LogP contribution in [-0.2, 0) is 12.7 Å². The van der Waals surface area contributed by atoms with Crippen LogP contribution in [0.25, 0.3) is 11.2 Å². The second kappa shape index (κ2) is 7.82. The van der Waals surface area contributed by atoms with Crippen molar-refractivity contribution in [3.63, 3.8) is 0 Å². The summed E-state index contributed by atoms with van der Waals surface area (Å²) in [5.41, 5.74) is 0.00384. The molecule has 1 aliphatic heterocycles. The Hall–Kier alpha value is -3.05. The number of anilines is 2. The number of rotatable bonds is 5. The molecule has 1 saturated heterocycles. The summed E-state index contributed by atoms with van der Waals surface area (Å²) in [6, 6.07) is 3.08. The summed E-state index contributed by atoms with van der Waals surface area (Å²) in [5.74, 6) is 0.964. The van der Waals surface area contributed by atoms with Crippen LogP contribution in [0.2, 0.25) is 0 Å². The van der Waals surface area contributed by atoms with Crippen molar-refractivity contribution >= 4 is 22.7 Å². The molecule has 0 spiro atoms. The number of hydrogen-bond donors (Lipinski definition) is 1. The van der Waals surface area contributed by atoms with Gasteiger partial charge in [-0.3, -0.25) is 0 Å². The lowest BCUT2D eigenvalue weighted by atomic mass is 10.0. The zero-order valence-electron chi connectivity index (χ0n) is 16.8. The number of pyridine rings is 1. The van der Waals surface area contributed by atoms with Crippen LogP contribution in [-0.4, -0.2) is 50.3 Å². The maximum Gasteiger partial charge on any atom is 0.435 e. The highest BCUT2D eigenvalue weighted by Gasteiger charge is 2.44. The summed E-state index contributed by atoms with van der Waals surface area (Å²) in [6.07, 6.45) is -1.39. The van der Waals surface area contributed by atoms with Crippen LogP contribution in [0.1, 0.15) is 18.5 Å². The van der Waals surface area contributed by atoms with E-state index in [-0.39, 0.29) is 29.2 Å². The van der Waals surface area contributed by atoms with Crippen molar-refractivity contribution in [2.75, 3.05) is 23.3 Å². The first-order chi connectivity index (χ1) is 15.3. The summed E-state index contributed by atoms with van der Waals surface area (Å²) in [6.45, 7) is 0.506. The molecule has 3 atom stereocenters. The van der Waals surface area contributed by atoms with Gasteiger partial charge in [-0.15, -0.1) is 0 Å². The van der Waals surface area contributed by atoms with Gasteiger partial charge in [0.2, 0.25) is 0 Å². The van der Waals surface area contributed by atoms with Gasteiger partial charge in [-0.1, -0.05) is 0 Å². The zero-order valence-corrected chi connectivity index (χ0v) is 16.8. The summed E-state index contributed by atoms with van der Waals surface area (Å²) >= 11 is 0. The molecular formula is C20H20F5N7. The Kier molecular flexibility index (Phi) is 5.09. The number of nitrogens with one attached hydrogen (secondary N) is 1. The second-order valence-electron chi connectivity index (χ2n) is 8.29. The van der Waals surface area contributed by atoms with E-state index in [1.165, 1.54) is 18.3 Å². The van der Waals surface area contributed by atoms with Gasteiger partial charge in [-0.05, 0) is 36.8 Å². The largest absolute Gasteiger partial charge is 0.435 e. The Morgan fingerprint density at radius 2 is 1.84 bits per heavy atom. The Balaban J connectivity index is 1.26. The fraction of sp³-hybridized carbons (Fsp3) is 0.500. The fourth-order valence-electron chi connectivity index (χ4n) is 4.88. The Labute approximate surface area is 179 Å². The lowest BCUT2D eigenvalue weighted by molar-refractivity contribution is -0.140. The highest BCUT2D eigenvalue weighted by atomic mass is 19.4. The highest BCUT2D eigenvalue weighted by Crippen LogP contribution is 2.43. The van der Waals surface area contributed by atoms with Crippen LogP contribution in [0.4, 0.5) is 33.5 Å². The predicted molar refractivity (Wildman–Crippen MR) is 106 cm³/mol. The molecule has 0 amide bonds. The van der Waals surface area contributed by atoms with Crippen LogP contribution >= 0.6 is 0 Å². The molecule has 2 fully saturated rings. The van der Waals surface area contributed by atoms with Crippen LogP contribution in [0.3, 0.4) is 0 Å². The van der Waals surface area contributed by atoms with E-state index < -0.39 is 24.8 Å². The van der Waals surface area contributed by atoms with E-state index in [0.717, 1.165) is 23.7 Å². The van der Waals surface area contributed by atoms with Gasteiger partial charge in [0.25, 0.3) is 6.43 Å². The molecule has 7 nitrogen and oxygen atoms in total. The number of halogens is 5. The minimum atomic E-state index is -4.49. The van der Waals surface area contributed by atoms with Crippen molar-refractivity contribution in [1.29, 1.82) is 0 Å². The Morgan fingerprint density at radius 3 is 2.53 bits per heavy atom. The number of aromatic nitrogens is 5. The molecule has 170 valence electrons. The lowest BCUT2D eigenvalue weighted by Gasteiger charge is -2.24. The molecule has 1 saturated carbocycles. The van der Waals surface area contributed by atoms with E-state index >= 15 is 0 Å². The number of fused-ring (bicyclic) bond motifs is 2. The van der Waals surface area contributed by atoms with Crippen molar-refractivity contribution in [3.05, 3.63) is 36.4 Å². The Morgan fingerprint density at radius 1 is 1.09 bits per heavy atom. The van der Waals surface area contributed by atoms with Gasteiger partial charge in [0.05, 0.1) is 18.1 Å².